The lowest BCUT2D eigenvalue weighted by atomic mass is 9.86. The summed E-state index contributed by atoms with van der Waals surface area (Å²) in [7, 11) is 4.72. The quantitative estimate of drug-likeness (QED) is 0.468. The van der Waals surface area contributed by atoms with E-state index in [0.717, 1.165) is 16.9 Å². The van der Waals surface area contributed by atoms with Crippen LogP contribution in [0.3, 0.4) is 0 Å². The molecule has 6 heteroatoms. The van der Waals surface area contributed by atoms with Crippen LogP contribution >= 0.6 is 0 Å². The van der Waals surface area contributed by atoms with Crippen molar-refractivity contribution in [1.29, 1.82) is 0 Å². The van der Waals surface area contributed by atoms with Gasteiger partial charge in [-0.05, 0) is 47.4 Å². The summed E-state index contributed by atoms with van der Waals surface area (Å²) in [5, 5.41) is 2.89. The summed E-state index contributed by atoms with van der Waals surface area (Å²) in [6, 6.07) is 18.5. The Bertz CT molecular complexity index is 1120. The van der Waals surface area contributed by atoms with E-state index in [1.54, 1.807) is 57.7 Å². The Labute approximate surface area is 195 Å². The van der Waals surface area contributed by atoms with Gasteiger partial charge in [-0.1, -0.05) is 39.0 Å². The van der Waals surface area contributed by atoms with Crippen LogP contribution < -0.4 is 24.3 Å². The van der Waals surface area contributed by atoms with Crippen molar-refractivity contribution in [2.24, 2.45) is 0 Å². The van der Waals surface area contributed by atoms with Crippen LogP contribution in [-0.4, -0.2) is 27.2 Å². The van der Waals surface area contributed by atoms with E-state index in [2.05, 4.69) is 32.2 Å². The molecule has 3 aromatic rings. The normalized spacial score (nSPS) is 11.0. The zero-order valence-electron chi connectivity index (χ0n) is 20.0. The van der Waals surface area contributed by atoms with Gasteiger partial charge in [-0.3, -0.25) is 4.79 Å². The highest BCUT2D eigenvalue weighted by atomic mass is 16.5. The highest BCUT2D eigenvalue weighted by Crippen LogP contribution is 2.33. The van der Waals surface area contributed by atoms with Crippen molar-refractivity contribution >= 4 is 11.6 Å². The molecule has 0 saturated carbocycles. The number of carbonyl (C=O) groups excluding carboxylic acids is 1. The average molecular weight is 450 g/mol. The molecular weight excluding hydrogens is 418 g/mol. The molecule has 0 aliphatic carbocycles. The fraction of sp³-hybridized carbons (Fsp3) is 0.296. The van der Waals surface area contributed by atoms with Crippen LogP contribution in [0.2, 0.25) is 0 Å². The van der Waals surface area contributed by atoms with Gasteiger partial charge in [0.25, 0.3) is 5.91 Å². The summed E-state index contributed by atoms with van der Waals surface area (Å²) in [6.07, 6.45) is 0. The van der Waals surface area contributed by atoms with Crippen molar-refractivity contribution in [1.82, 2.24) is 0 Å². The molecule has 0 heterocycles. The van der Waals surface area contributed by atoms with Gasteiger partial charge < -0.3 is 24.3 Å². The van der Waals surface area contributed by atoms with E-state index in [0.29, 0.717) is 28.5 Å². The number of hydrogen-bond acceptors (Lipinski definition) is 5. The fourth-order valence-corrected chi connectivity index (χ4v) is 3.51. The molecule has 0 aromatic heterocycles. The molecule has 0 aliphatic heterocycles. The minimum Gasteiger partial charge on any atom is -0.497 e. The molecule has 33 heavy (non-hydrogen) atoms. The first-order valence-electron chi connectivity index (χ1n) is 10.7. The molecule has 6 nitrogen and oxygen atoms in total. The van der Waals surface area contributed by atoms with E-state index in [4.69, 9.17) is 18.9 Å². The predicted molar refractivity (Wildman–Crippen MR) is 130 cm³/mol. The molecule has 0 fully saturated rings. The predicted octanol–water partition coefficient (Wildman–Crippen LogP) is 5.84. The maximum atomic E-state index is 13.0. The number of ether oxygens (including phenoxy) is 4. The molecule has 3 rings (SSSR count). The van der Waals surface area contributed by atoms with E-state index >= 15 is 0 Å². The van der Waals surface area contributed by atoms with E-state index < -0.39 is 0 Å². The third-order valence-electron chi connectivity index (χ3n) is 5.28. The van der Waals surface area contributed by atoms with Crippen molar-refractivity contribution in [2.45, 2.75) is 32.8 Å². The molecule has 0 unspecified atom stereocenters. The zero-order chi connectivity index (χ0) is 24.0. The minimum atomic E-state index is -0.277. The van der Waals surface area contributed by atoms with Gasteiger partial charge in [-0.25, -0.2) is 0 Å². The van der Waals surface area contributed by atoms with Gasteiger partial charge in [0.15, 0.2) is 0 Å². The van der Waals surface area contributed by atoms with Gasteiger partial charge >= 0.3 is 0 Å². The van der Waals surface area contributed by atoms with Crippen molar-refractivity contribution in [3.8, 4) is 23.0 Å². The Morgan fingerprint density at radius 2 is 1.52 bits per heavy atom. The number of hydrogen-bond donors (Lipinski definition) is 1. The molecule has 0 radical (unpaired) electrons. The summed E-state index contributed by atoms with van der Waals surface area (Å²) in [5.74, 6) is 2.34. The molecule has 1 N–H and O–H groups in total. The Kier molecular flexibility index (Phi) is 7.48. The summed E-state index contributed by atoms with van der Waals surface area (Å²) >= 11 is 0. The highest BCUT2D eigenvalue weighted by Gasteiger charge is 2.19. The topological polar surface area (TPSA) is 66.0 Å². The molecule has 1 amide bonds. The summed E-state index contributed by atoms with van der Waals surface area (Å²) in [5.41, 5.74) is 2.82. The third kappa shape index (κ3) is 5.77. The molecular formula is C27H31NO5. The second kappa shape index (κ2) is 10.3. The fourth-order valence-electron chi connectivity index (χ4n) is 3.51. The van der Waals surface area contributed by atoms with Crippen molar-refractivity contribution < 1.29 is 23.7 Å². The molecule has 3 aromatic carbocycles. The van der Waals surface area contributed by atoms with Crippen LogP contribution in [0.1, 0.15) is 42.3 Å². The molecule has 0 atom stereocenters. The standard InChI is InChI=1S/C27H31NO5/c1-27(2,3)21-9-7-8-10-24(21)33-17-19-15-18(11-13-23(19)31-5)26(29)28-22-16-20(30-4)12-14-25(22)32-6/h7-16H,17H2,1-6H3,(H,28,29). The number of methoxy groups -OCH3 is 3. The lowest BCUT2D eigenvalue weighted by Gasteiger charge is -2.23. The number of rotatable bonds is 8. The number of nitrogens with one attached hydrogen (secondary N) is 1. The van der Waals surface area contributed by atoms with E-state index in [1.165, 1.54) is 0 Å². The van der Waals surface area contributed by atoms with Crippen molar-refractivity contribution in [3.63, 3.8) is 0 Å². The molecule has 0 aliphatic rings. The van der Waals surface area contributed by atoms with Crippen LogP contribution in [0.5, 0.6) is 23.0 Å². The number of benzene rings is 3. The van der Waals surface area contributed by atoms with Gasteiger partial charge in [0.05, 0.1) is 27.0 Å². The average Bonchev–Trinajstić information content (AvgIpc) is 2.82. The van der Waals surface area contributed by atoms with Crippen LogP contribution in [0, 0.1) is 0 Å². The number of carbonyl (C=O) groups is 1. The lowest BCUT2D eigenvalue weighted by Crippen LogP contribution is -2.15. The first kappa shape index (κ1) is 24.0. The van der Waals surface area contributed by atoms with Gasteiger partial charge in [0, 0.05) is 17.2 Å². The summed E-state index contributed by atoms with van der Waals surface area (Å²) in [6.45, 7) is 6.70. The summed E-state index contributed by atoms with van der Waals surface area (Å²) < 4.78 is 22.3. The van der Waals surface area contributed by atoms with E-state index in [1.807, 2.05) is 18.2 Å². The van der Waals surface area contributed by atoms with E-state index in [9.17, 15) is 4.79 Å². The molecule has 0 saturated heterocycles. The Balaban J connectivity index is 1.84. The van der Waals surface area contributed by atoms with Gasteiger partial charge in [0.1, 0.15) is 29.6 Å². The van der Waals surface area contributed by atoms with Gasteiger partial charge in [-0.2, -0.15) is 0 Å². The number of anilines is 1. The van der Waals surface area contributed by atoms with Crippen LogP contribution in [0.15, 0.2) is 60.7 Å². The second-order valence-electron chi connectivity index (χ2n) is 8.58. The van der Waals surface area contributed by atoms with Gasteiger partial charge in [-0.15, -0.1) is 0 Å². The van der Waals surface area contributed by atoms with Crippen molar-refractivity contribution in [2.75, 3.05) is 26.6 Å². The zero-order valence-corrected chi connectivity index (χ0v) is 20.0. The molecule has 0 spiro atoms. The molecule has 174 valence electrons. The van der Waals surface area contributed by atoms with Crippen molar-refractivity contribution in [3.05, 3.63) is 77.4 Å². The smallest absolute Gasteiger partial charge is 0.255 e. The first-order valence-corrected chi connectivity index (χ1v) is 10.7. The number of amides is 1. The van der Waals surface area contributed by atoms with Crippen LogP contribution in [0.4, 0.5) is 5.69 Å². The third-order valence-corrected chi connectivity index (χ3v) is 5.28. The summed E-state index contributed by atoms with van der Waals surface area (Å²) in [4.78, 5) is 13.0. The molecule has 0 bridgehead atoms. The minimum absolute atomic E-state index is 0.0573. The monoisotopic (exact) mass is 449 g/mol. The SMILES string of the molecule is COc1ccc(OC)c(NC(=O)c2ccc(OC)c(COc3ccccc3C(C)(C)C)c2)c1. The Hall–Kier alpha value is -3.67. The second-order valence-corrected chi connectivity index (χ2v) is 8.58. The largest absolute Gasteiger partial charge is 0.497 e. The Morgan fingerprint density at radius 3 is 2.18 bits per heavy atom. The Morgan fingerprint density at radius 1 is 0.818 bits per heavy atom. The van der Waals surface area contributed by atoms with E-state index in [-0.39, 0.29) is 17.9 Å². The van der Waals surface area contributed by atoms with Crippen LogP contribution in [0.25, 0.3) is 0 Å². The maximum Gasteiger partial charge on any atom is 0.255 e. The van der Waals surface area contributed by atoms with Crippen LogP contribution in [-0.2, 0) is 12.0 Å². The number of para-hydroxylation sites is 1. The lowest BCUT2D eigenvalue weighted by molar-refractivity contribution is 0.102. The van der Waals surface area contributed by atoms with Gasteiger partial charge in [0.2, 0.25) is 0 Å². The highest BCUT2D eigenvalue weighted by molar-refractivity contribution is 6.05. The first-order chi connectivity index (χ1) is 15.8. The maximum absolute atomic E-state index is 13.0.